The largest absolute Gasteiger partial charge is 0.314 e. The van der Waals surface area contributed by atoms with Crippen LogP contribution in [0.5, 0.6) is 0 Å². The third-order valence-corrected chi connectivity index (χ3v) is 12.6. The van der Waals surface area contributed by atoms with E-state index in [-0.39, 0.29) is 17.4 Å². The fourth-order valence-electron chi connectivity index (χ4n) is 9.10. The predicted octanol–water partition coefficient (Wildman–Crippen LogP) is 11.6. The van der Waals surface area contributed by atoms with Gasteiger partial charge >= 0.3 is 0 Å². The number of nitrogens with zero attached hydrogens (tertiary/aromatic N) is 2. The van der Waals surface area contributed by atoms with Gasteiger partial charge in [0.2, 0.25) is 0 Å². The lowest BCUT2D eigenvalue weighted by atomic mass is 9.62. The molecule has 10 rings (SSSR count). The second kappa shape index (κ2) is 10.8. The van der Waals surface area contributed by atoms with Gasteiger partial charge in [0.25, 0.3) is 0 Å². The number of anilines is 1. The standard InChI is InChI=1S/C45H36N2S/c1-45(31-15-6-3-7-16-31)37-27-28-39-41(42(37)46-44(45)30-13-4-2-5-14-30)36-18-8-10-21-38(36)47(39)32-25-23-29(24-26-32)33-19-12-20-35-34-17-9-11-22-40(34)48-43(33)35/h2-7,9-15,17,19-28,31,41-42H,8,16,18H2,1H3. The zero-order chi connectivity index (χ0) is 31.8. The molecule has 0 bridgehead atoms. The van der Waals surface area contributed by atoms with E-state index in [1.165, 1.54) is 70.8 Å². The lowest BCUT2D eigenvalue weighted by Crippen LogP contribution is -2.38. The third-order valence-electron chi connectivity index (χ3n) is 11.4. The number of benzene rings is 4. The summed E-state index contributed by atoms with van der Waals surface area (Å²) in [6.45, 7) is 2.45. The second-order valence-electron chi connectivity index (χ2n) is 13.9. The third kappa shape index (κ3) is 4.01. The Balaban J connectivity index is 1.07. The quantitative estimate of drug-likeness (QED) is 0.192. The maximum atomic E-state index is 5.74. The Morgan fingerprint density at radius 3 is 2.48 bits per heavy atom. The van der Waals surface area contributed by atoms with Crippen molar-refractivity contribution in [1.29, 1.82) is 0 Å². The number of rotatable bonds is 4. The Morgan fingerprint density at radius 1 is 0.792 bits per heavy atom. The van der Waals surface area contributed by atoms with Crippen molar-refractivity contribution in [3.63, 3.8) is 0 Å². The Bertz CT molecular complexity index is 2340. The van der Waals surface area contributed by atoms with Gasteiger partial charge in [-0.25, -0.2) is 0 Å². The van der Waals surface area contributed by atoms with E-state index in [9.17, 15) is 0 Å². The van der Waals surface area contributed by atoms with E-state index < -0.39 is 0 Å². The molecule has 3 aliphatic carbocycles. The molecule has 4 atom stereocenters. The Morgan fingerprint density at radius 2 is 1.62 bits per heavy atom. The Labute approximate surface area is 286 Å². The number of aliphatic imine (C=N–C) groups is 1. The highest BCUT2D eigenvalue weighted by Gasteiger charge is 2.54. The molecular formula is C45H36N2S. The molecule has 48 heavy (non-hydrogen) atoms. The van der Waals surface area contributed by atoms with Gasteiger partial charge in [0, 0.05) is 48.6 Å². The zero-order valence-electron chi connectivity index (χ0n) is 27.0. The molecule has 0 N–H and O–H groups in total. The van der Waals surface area contributed by atoms with Crippen LogP contribution < -0.4 is 4.90 Å². The molecule has 2 nitrogen and oxygen atoms in total. The fourth-order valence-corrected chi connectivity index (χ4v) is 10.3. The van der Waals surface area contributed by atoms with Crippen LogP contribution in [-0.4, -0.2) is 11.8 Å². The molecule has 0 saturated heterocycles. The molecule has 4 aromatic carbocycles. The lowest BCUT2D eigenvalue weighted by molar-refractivity contribution is 0.389. The second-order valence-corrected chi connectivity index (χ2v) is 14.9. The van der Waals surface area contributed by atoms with Gasteiger partial charge in [0.05, 0.1) is 11.8 Å². The highest BCUT2D eigenvalue weighted by Crippen LogP contribution is 2.57. The molecule has 5 aromatic rings. The summed E-state index contributed by atoms with van der Waals surface area (Å²) in [5, 5.41) is 2.69. The smallest absolute Gasteiger partial charge is 0.0846 e. The van der Waals surface area contributed by atoms with Gasteiger partial charge in [-0.15, -0.1) is 11.3 Å². The fraction of sp³-hybridized carbons (Fsp3) is 0.178. The topological polar surface area (TPSA) is 15.6 Å². The number of hydrogen-bond donors (Lipinski definition) is 0. The first-order valence-electron chi connectivity index (χ1n) is 17.3. The Kier molecular flexibility index (Phi) is 6.29. The molecule has 3 heteroatoms. The van der Waals surface area contributed by atoms with Crippen molar-refractivity contribution in [3.8, 4) is 11.1 Å². The summed E-state index contributed by atoms with van der Waals surface area (Å²) in [6, 6.07) is 35.8. The number of fused-ring (bicyclic) bond motifs is 7. The van der Waals surface area contributed by atoms with Gasteiger partial charge in [-0.1, -0.05) is 115 Å². The van der Waals surface area contributed by atoms with Crippen LogP contribution in [0.4, 0.5) is 5.69 Å². The van der Waals surface area contributed by atoms with Crippen LogP contribution in [0.2, 0.25) is 0 Å². The van der Waals surface area contributed by atoms with E-state index in [2.05, 4.69) is 157 Å². The molecule has 0 fully saturated rings. The van der Waals surface area contributed by atoms with Crippen LogP contribution in [0.25, 0.3) is 31.3 Å². The molecule has 0 radical (unpaired) electrons. The maximum Gasteiger partial charge on any atom is 0.0846 e. The SMILES string of the molecule is CC1(C2C=CC=CC2)C2=CC=C3C(C4=C(C=CCC4)N3c3ccc(-c4cccc5c4sc4ccccc45)cc3)C2N=C1c1ccccc1. The molecule has 4 unspecified atom stereocenters. The van der Waals surface area contributed by atoms with Crippen LogP contribution in [0.1, 0.15) is 31.7 Å². The zero-order valence-corrected chi connectivity index (χ0v) is 27.8. The van der Waals surface area contributed by atoms with Gasteiger partial charge in [0.1, 0.15) is 0 Å². The highest BCUT2D eigenvalue weighted by molar-refractivity contribution is 7.26. The molecule has 3 heterocycles. The van der Waals surface area contributed by atoms with E-state index >= 15 is 0 Å². The van der Waals surface area contributed by atoms with Crippen molar-refractivity contribution < 1.29 is 0 Å². The predicted molar refractivity (Wildman–Crippen MR) is 204 cm³/mol. The summed E-state index contributed by atoms with van der Waals surface area (Å²) in [6.07, 6.45) is 22.0. The van der Waals surface area contributed by atoms with Gasteiger partial charge < -0.3 is 4.90 Å². The van der Waals surface area contributed by atoms with Crippen molar-refractivity contribution in [2.75, 3.05) is 4.90 Å². The van der Waals surface area contributed by atoms with Crippen molar-refractivity contribution >= 4 is 42.9 Å². The van der Waals surface area contributed by atoms with Crippen LogP contribution in [0, 0.1) is 17.3 Å². The summed E-state index contributed by atoms with van der Waals surface area (Å²) in [5.41, 5.74) is 11.8. The minimum atomic E-state index is -0.163. The first kappa shape index (κ1) is 28.1. The molecule has 1 aromatic heterocycles. The van der Waals surface area contributed by atoms with Crippen molar-refractivity contribution in [3.05, 3.63) is 174 Å². The van der Waals surface area contributed by atoms with Crippen LogP contribution >= 0.6 is 11.3 Å². The first-order valence-corrected chi connectivity index (χ1v) is 18.1. The molecular weight excluding hydrogens is 601 g/mol. The Hall–Kier alpha value is -4.99. The highest BCUT2D eigenvalue weighted by atomic mass is 32.1. The summed E-state index contributed by atoms with van der Waals surface area (Å²) in [5.74, 6) is 0.628. The molecule has 232 valence electrons. The average molecular weight is 637 g/mol. The van der Waals surface area contributed by atoms with E-state index in [1.807, 2.05) is 11.3 Å². The molecule has 0 spiro atoms. The van der Waals surface area contributed by atoms with Gasteiger partial charge in [0.15, 0.2) is 0 Å². The molecule has 2 aliphatic heterocycles. The monoisotopic (exact) mass is 636 g/mol. The van der Waals surface area contributed by atoms with E-state index in [1.54, 1.807) is 0 Å². The lowest BCUT2D eigenvalue weighted by Gasteiger charge is -2.39. The minimum absolute atomic E-state index is 0.107. The normalized spacial score (nSPS) is 25.6. The van der Waals surface area contributed by atoms with Gasteiger partial charge in [-0.05, 0) is 90.3 Å². The number of allylic oxidation sites excluding steroid dienone is 8. The number of hydrogen-bond acceptors (Lipinski definition) is 3. The summed E-state index contributed by atoms with van der Waals surface area (Å²) < 4.78 is 2.71. The summed E-state index contributed by atoms with van der Waals surface area (Å²) in [4.78, 5) is 8.27. The van der Waals surface area contributed by atoms with Crippen molar-refractivity contribution in [2.24, 2.45) is 22.2 Å². The molecule has 0 saturated carbocycles. The number of thiophene rings is 1. The van der Waals surface area contributed by atoms with Crippen LogP contribution in [0.15, 0.2) is 173 Å². The van der Waals surface area contributed by atoms with Gasteiger partial charge in [-0.3, -0.25) is 4.99 Å². The van der Waals surface area contributed by atoms with Crippen molar-refractivity contribution in [2.45, 2.75) is 32.2 Å². The summed E-state index contributed by atoms with van der Waals surface area (Å²) in [7, 11) is 0. The minimum Gasteiger partial charge on any atom is -0.314 e. The summed E-state index contributed by atoms with van der Waals surface area (Å²) >= 11 is 1.90. The average Bonchev–Trinajstić information content (AvgIpc) is 3.80. The van der Waals surface area contributed by atoms with E-state index in [0.29, 0.717) is 5.92 Å². The van der Waals surface area contributed by atoms with Crippen molar-refractivity contribution in [1.82, 2.24) is 0 Å². The van der Waals surface area contributed by atoms with Gasteiger partial charge in [-0.2, -0.15) is 0 Å². The molecule has 0 amide bonds. The molecule has 5 aliphatic rings. The first-order chi connectivity index (χ1) is 23.7. The van der Waals surface area contributed by atoms with Crippen LogP contribution in [0.3, 0.4) is 0 Å². The van der Waals surface area contributed by atoms with Crippen LogP contribution in [-0.2, 0) is 0 Å². The van der Waals surface area contributed by atoms with E-state index in [4.69, 9.17) is 4.99 Å². The van der Waals surface area contributed by atoms with E-state index in [0.717, 1.165) is 19.3 Å². The maximum absolute atomic E-state index is 5.74.